The third kappa shape index (κ3) is 3.65. The number of nitrogens with one attached hydrogen (secondary N) is 1. The molecule has 8 heteroatoms. The van der Waals surface area contributed by atoms with E-state index in [4.69, 9.17) is 4.52 Å². The van der Waals surface area contributed by atoms with Crippen molar-refractivity contribution in [1.82, 2.24) is 14.9 Å². The van der Waals surface area contributed by atoms with Crippen molar-refractivity contribution in [3.05, 3.63) is 52.7 Å². The lowest BCUT2D eigenvalue weighted by Gasteiger charge is -2.06. The first kappa shape index (κ1) is 17.8. The summed E-state index contributed by atoms with van der Waals surface area (Å²) in [5.74, 6) is 0.678. The standard InChI is InChI=1S/C17H19N3O3S2/c1-10-7-14(8-18-11(10)2)9-19-25(21,22)16-6-5-15(24-16)17-12(3)20-23-13(17)4/h5-8,19H,9H2,1-4H3. The molecular weight excluding hydrogens is 358 g/mol. The molecule has 0 unspecified atom stereocenters. The largest absolute Gasteiger partial charge is 0.361 e. The fourth-order valence-corrected chi connectivity index (χ4v) is 4.99. The zero-order chi connectivity index (χ0) is 18.2. The average molecular weight is 377 g/mol. The Kier molecular flexibility index (Phi) is 4.77. The minimum Gasteiger partial charge on any atom is -0.361 e. The maximum Gasteiger partial charge on any atom is 0.250 e. The summed E-state index contributed by atoms with van der Waals surface area (Å²) in [6, 6.07) is 5.32. The van der Waals surface area contributed by atoms with Gasteiger partial charge in [0, 0.05) is 23.3 Å². The number of pyridine rings is 1. The fourth-order valence-electron chi connectivity index (χ4n) is 2.48. The van der Waals surface area contributed by atoms with Crippen LogP contribution in [-0.2, 0) is 16.6 Å². The quantitative estimate of drug-likeness (QED) is 0.735. The van der Waals surface area contributed by atoms with Crippen LogP contribution in [0.15, 0.2) is 33.1 Å². The Bertz CT molecular complexity index is 1000. The predicted octanol–water partition coefficient (Wildman–Crippen LogP) is 3.51. The van der Waals surface area contributed by atoms with Crippen LogP contribution >= 0.6 is 11.3 Å². The Morgan fingerprint density at radius 3 is 2.56 bits per heavy atom. The number of hydrogen-bond donors (Lipinski definition) is 1. The molecule has 0 saturated carbocycles. The molecule has 0 aromatic carbocycles. The highest BCUT2D eigenvalue weighted by molar-refractivity contribution is 7.91. The van der Waals surface area contributed by atoms with E-state index in [1.807, 2.05) is 33.8 Å². The SMILES string of the molecule is Cc1cc(CNS(=O)(=O)c2ccc(-c3c(C)noc3C)s2)cnc1C. The van der Waals surface area contributed by atoms with Gasteiger partial charge >= 0.3 is 0 Å². The molecule has 25 heavy (non-hydrogen) atoms. The Balaban J connectivity index is 1.80. The second-order valence-electron chi connectivity index (χ2n) is 5.89. The maximum absolute atomic E-state index is 12.5. The lowest BCUT2D eigenvalue weighted by Crippen LogP contribution is -2.22. The van der Waals surface area contributed by atoms with Crippen LogP contribution < -0.4 is 4.72 Å². The minimum atomic E-state index is -3.59. The first-order chi connectivity index (χ1) is 11.8. The van der Waals surface area contributed by atoms with Crippen molar-refractivity contribution in [3.8, 4) is 10.4 Å². The van der Waals surface area contributed by atoms with Gasteiger partial charge in [0.1, 0.15) is 9.97 Å². The van der Waals surface area contributed by atoms with Gasteiger partial charge in [0.15, 0.2) is 0 Å². The molecular formula is C17H19N3O3S2. The zero-order valence-corrected chi connectivity index (χ0v) is 16.1. The van der Waals surface area contributed by atoms with Crippen molar-refractivity contribution >= 4 is 21.4 Å². The highest BCUT2D eigenvalue weighted by atomic mass is 32.2. The van der Waals surface area contributed by atoms with Crippen LogP contribution in [0.4, 0.5) is 0 Å². The summed E-state index contributed by atoms with van der Waals surface area (Å²) in [5, 5.41) is 3.91. The molecule has 0 aliphatic carbocycles. The van der Waals surface area contributed by atoms with Gasteiger partial charge in [0.05, 0.1) is 11.3 Å². The normalized spacial score (nSPS) is 11.8. The second kappa shape index (κ2) is 6.70. The Morgan fingerprint density at radius 1 is 1.16 bits per heavy atom. The molecule has 0 fully saturated rings. The Hall–Kier alpha value is -2.03. The fraction of sp³-hybridized carbons (Fsp3) is 0.294. The molecule has 3 rings (SSSR count). The van der Waals surface area contributed by atoms with E-state index >= 15 is 0 Å². The second-order valence-corrected chi connectivity index (χ2v) is 8.97. The van der Waals surface area contributed by atoms with Crippen molar-refractivity contribution in [2.24, 2.45) is 0 Å². The van der Waals surface area contributed by atoms with E-state index in [1.54, 1.807) is 18.3 Å². The van der Waals surface area contributed by atoms with Crippen molar-refractivity contribution in [3.63, 3.8) is 0 Å². The maximum atomic E-state index is 12.5. The molecule has 0 aliphatic rings. The molecule has 0 aliphatic heterocycles. The number of thiophene rings is 1. The molecule has 132 valence electrons. The molecule has 6 nitrogen and oxygen atoms in total. The van der Waals surface area contributed by atoms with E-state index in [9.17, 15) is 8.42 Å². The molecule has 0 atom stereocenters. The lowest BCUT2D eigenvalue weighted by atomic mass is 10.2. The number of rotatable bonds is 5. The number of aromatic nitrogens is 2. The smallest absolute Gasteiger partial charge is 0.250 e. The lowest BCUT2D eigenvalue weighted by molar-refractivity contribution is 0.393. The molecule has 3 aromatic heterocycles. The van der Waals surface area contributed by atoms with Crippen molar-refractivity contribution in [2.75, 3.05) is 0 Å². The van der Waals surface area contributed by atoms with Gasteiger partial charge in [-0.15, -0.1) is 11.3 Å². The van der Waals surface area contributed by atoms with Gasteiger partial charge in [-0.1, -0.05) is 11.2 Å². The van der Waals surface area contributed by atoms with Crippen molar-refractivity contribution < 1.29 is 12.9 Å². The van der Waals surface area contributed by atoms with Gasteiger partial charge in [-0.05, 0) is 51.0 Å². The highest BCUT2D eigenvalue weighted by Gasteiger charge is 2.20. The molecule has 0 spiro atoms. The van der Waals surface area contributed by atoms with Gasteiger partial charge in [0.2, 0.25) is 10.0 Å². The first-order valence-corrected chi connectivity index (χ1v) is 10.0. The van der Waals surface area contributed by atoms with Gasteiger partial charge in [-0.25, -0.2) is 13.1 Å². The minimum absolute atomic E-state index is 0.203. The van der Waals surface area contributed by atoms with Crippen LogP contribution in [0.1, 0.15) is 28.3 Å². The summed E-state index contributed by atoms with van der Waals surface area (Å²) < 4.78 is 33.1. The third-order valence-corrected chi connectivity index (χ3v) is 6.98. The van der Waals surface area contributed by atoms with Gasteiger partial charge in [-0.3, -0.25) is 4.98 Å². The number of hydrogen-bond acceptors (Lipinski definition) is 6. The Morgan fingerprint density at radius 2 is 1.92 bits per heavy atom. The molecule has 0 amide bonds. The molecule has 0 saturated heterocycles. The molecule has 0 bridgehead atoms. The van der Waals surface area contributed by atoms with Crippen molar-refractivity contribution in [1.29, 1.82) is 0 Å². The van der Waals surface area contributed by atoms with Crippen LogP contribution in [0.5, 0.6) is 0 Å². The van der Waals surface area contributed by atoms with Gasteiger partial charge < -0.3 is 4.52 Å². The molecule has 0 radical (unpaired) electrons. The Labute approximate surface area is 151 Å². The van der Waals surface area contributed by atoms with E-state index in [2.05, 4.69) is 14.9 Å². The van der Waals surface area contributed by atoms with Crippen LogP contribution in [0.3, 0.4) is 0 Å². The summed E-state index contributed by atoms with van der Waals surface area (Å²) in [6.45, 7) is 7.73. The summed E-state index contributed by atoms with van der Waals surface area (Å²) in [5.41, 5.74) is 4.40. The van der Waals surface area contributed by atoms with E-state index in [-0.39, 0.29) is 10.8 Å². The van der Waals surface area contributed by atoms with E-state index in [1.165, 1.54) is 11.3 Å². The predicted molar refractivity (Wildman–Crippen MR) is 97.0 cm³/mol. The summed E-state index contributed by atoms with van der Waals surface area (Å²) >= 11 is 1.20. The molecule has 1 N–H and O–H groups in total. The monoisotopic (exact) mass is 377 g/mol. The van der Waals surface area contributed by atoms with Gasteiger partial charge in [0.25, 0.3) is 0 Å². The van der Waals surface area contributed by atoms with Crippen LogP contribution in [0.2, 0.25) is 0 Å². The summed E-state index contributed by atoms with van der Waals surface area (Å²) in [6.07, 6.45) is 1.69. The number of nitrogens with zero attached hydrogens (tertiary/aromatic N) is 2. The molecule has 3 aromatic rings. The van der Waals surface area contributed by atoms with E-state index in [0.717, 1.165) is 33.0 Å². The topological polar surface area (TPSA) is 85.1 Å². The zero-order valence-electron chi connectivity index (χ0n) is 14.5. The van der Waals surface area contributed by atoms with Crippen LogP contribution in [-0.4, -0.2) is 18.6 Å². The van der Waals surface area contributed by atoms with E-state index < -0.39 is 10.0 Å². The summed E-state index contributed by atoms with van der Waals surface area (Å²) in [4.78, 5) is 5.08. The number of sulfonamides is 1. The third-order valence-electron chi connectivity index (χ3n) is 3.99. The van der Waals surface area contributed by atoms with E-state index in [0.29, 0.717) is 5.76 Å². The van der Waals surface area contributed by atoms with Crippen LogP contribution in [0.25, 0.3) is 10.4 Å². The highest BCUT2D eigenvalue weighted by Crippen LogP contribution is 2.34. The molecule has 3 heterocycles. The van der Waals surface area contributed by atoms with Crippen molar-refractivity contribution in [2.45, 2.75) is 38.4 Å². The van der Waals surface area contributed by atoms with Gasteiger partial charge in [-0.2, -0.15) is 0 Å². The first-order valence-electron chi connectivity index (χ1n) is 7.73. The van der Waals surface area contributed by atoms with Crippen LogP contribution in [0, 0.1) is 27.7 Å². The number of aryl methyl sites for hydroxylation is 4. The summed E-state index contributed by atoms with van der Waals surface area (Å²) in [7, 11) is -3.59. The average Bonchev–Trinajstić information content (AvgIpc) is 3.16.